The molecule has 11 heteroatoms. The van der Waals surface area contributed by atoms with Crippen molar-refractivity contribution < 1.29 is 41.4 Å². The summed E-state index contributed by atoms with van der Waals surface area (Å²) in [5.41, 5.74) is -0.559. The standard InChI is InChI=1S/C19H38O4S.C10H8ClF3O2/c1-2-3-4-5-6-7-8-9-10-11-12-13-14-15-17-24(22,23)18-16-19(20)21;11-8(9(15)16)5-6-2-1-3-7(4-6)10(12,13)14/h2-18H2,1H3,(H,20,21);1-4,8H,5H2,(H,15,16). The minimum Gasteiger partial charge on any atom is -0.481 e. The minimum absolute atomic E-state index is 0.137. The van der Waals surface area contributed by atoms with Crippen LogP contribution in [0.3, 0.4) is 0 Å². The second-order valence-corrected chi connectivity index (χ2v) is 12.9. The highest BCUT2D eigenvalue weighted by molar-refractivity contribution is 7.91. The van der Waals surface area contributed by atoms with E-state index < -0.39 is 38.9 Å². The van der Waals surface area contributed by atoms with Gasteiger partial charge in [0.2, 0.25) is 0 Å². The molecular formula is C29H46ClF3O6S. The van der Waals surface area contributed by atoms with Crippen molar-refractivity contribution >= 4 is 33.4 Å². The third kappa shape index (κ3) is 21.9. The van der Waals surface area contributed by atoms with Crippen molar-refractivity contribution in [1.82, 2.24) is 0 Å². The number of unbranched alkanes of at least 4 members (excludes halogenated alkanes) is 13. The Balaban J connectivity index is 0.000000821. The molecule has 0 aromatic heterocycles. The Morgan fingerprint density at radius 3 is 1.73 bits per heavy atom. The Labute approximate surface area is 242 Å². The van der Waals surface area contributed by atoms with E-state index in [1.165, 1.54) is 82.8 Å². The Bertz CT molecular complexity index is 938. The molecule has 0 saturated carbocycles. The molecule has 1 aromatic rings. The van der Waals surface area contributed by atoms with Crippen molar-refractivity contribution in [2.45, 2.75) is 121 Å². The van der Waals surface area contributed by atoms with Crippen LogP contribution in [0.25, 0.3) is 0 Å². The average molecular weight is 615 g/mol. The monoisotopic (exact) mass is 614 g/mol. The van der Waals surface area contributed by atoms with Crippen LogP contribution in [-0.2, 0) is 32.0 Å². The lowest BCUT2D eigenvalue weighted by atomic mass is 10.0. The van der Waals surface area contributed by atoms with Crippen LogP contribution in [-0.4, -0.2) is 47.5 Å². The highest BCUT2D eigenvalue weighted by atomic mass is 35.5. The molecule has 0 fully saturated rings. The van der Waals surface area contributed by atoms with Crippen LogP contribution in [0.4, 0.5) is 13.2 Å². The third-order valence-corrected chi connectivity index (χ3v) is 8.45. The first kappa shape index (κ1) is 38.2. The van der Waals surface area contributed by atoms with Crippen molar-refractivity contribution in [3.8, 4) is 0 Å². The molecule has 0 amide bonds. The Hall–Kier alpha value is -1.81. The van der Waals surface area contributed by atoms with Gasteiger partial charge in [-0.15, -0.1) is 11.6 Å². The van der Waals surface area contributed by atoms with E-state index in [-0.39, 0.29) is 29.9 Å². The fourth-order valence-electron chi connectivity index (χ4n) is 4.03. The highest BCUT2D eigenvalue weighted by Crippen LogP contribution is 2.30. The molecule has 0 saturated heterocycles. The van der Waals surface area contributed by atoms with E-state index in [4.69, 9.17) is 21.8 Å². The van der Waals surface area contributed by atoms with Crippen molar-refractivity contribution in [3.05, 3.63) is 35.4 Å². The molecule has 1 rings (SSSR count). The molecule has 1 unspecified atom stereocenters. The maximum Gasteiger partial charge on any atom is 0.416 e. The van der Waals surface area contributed by atoms with Gasteiger partial charge in [0.25, 0.3) is 0 Å². The van der Waals surface area contributed by atoms with Crippen LogP contribution in [0.5, 0.6) is 0 Å². The lowest BCUT2D eigenvalue weighted by molar-refractivity contribution is -0.138. The molecule has 0 aliphatic heterocycles. The lowest BCUT2D eigenvalue weighted by Gasteiger charge is -2.09. The maximum absolute atomic E-state index is 12.3. The van der Waals surface area contributed by atoms with Crippen molar-refractivity contribution in [3.63, 3.8) is 0 Å². The van der Waals surface area contributed by atoms with E-state index in [9.17, 15) is 31.2 Å². The van der Waals surface area contributed by atoms with Gasteiger partial charge in [-0.25, -0.2) is 8.42 Å². The number of benzene rings is 1. The zero-order valence-electron chi connectivity index (χ0n) is 23.6. The first-order valence-electron chi connectivity index (χ1n) is 14.2. The summed E-state index contributed by atoms with van der Waals surface area (Å²) in [7, 11) is -3.17. The smallest absolute Gasteiger partial charge is 0.416 e. The maximum atomic E-state index is 12.3. The van der Waals surface area contributed by atoms with Gasteiger partial charge in [-0.3, -0.25) is 9.59 Å². The summed E-state index contributed by atoms with van der Waals surface area (Å²) in [6.07, 6.45) is 12.5. The molecule has 40 heavy (non-hydrogen) atoms. The molecule has 0 heterocycles. The van der Waals surface area contributed by atoms with E-state index in [2.05, 4.69) is 6.92 Å². The number of carboxylic acids is 2. The first-order valence-corrected chi connectivity index (χ1v) is 16.5. The SMILES string of the molecule is CCCCCCCCCCCCCCCCS(=O)(=O)CCC(=O)O.O=C(O)C(Cl)Cc1cccc(C(F)(F)F)c1. The number of aliphatic carboxylic acids is 2. The average Bonchev–Trinajstić information content (AvgIpc) is 2.88. The van der Waals surface area contributed by atoms with E-state index in [0.29, 0.717) is 6.42 Å². The van der Waals surface area contributed by atoms with Gasteiger partial charge < -0.3 is 10.2 Å². The number of carbonyl (C=O) groups is 2. The van der Waals surface area contributed by atoms with Crippen molar-refractivity contribution in [2.75, 3.05) is 11.5 Å². The molecule has 1 aromatic carbocycles. The van der Waals surface area contributed by atoms with Crippen molar-refractivity contribution in [1.29, 1.82) is 0 Å². The van der Waals surface area contributed by atoms with E-state index in [1.54, 1.807) is 0 Å². The summed E-state index contributed by atoms with van der Waals surface area (Å²) in [6, 6.07) is 4.46. The molecule has 1 atom stereocenters. The van der Waals surface area contributed by atoms with Crippen LogP contribution in [0.1, 0.15) is 114 Å². The summed E-state index contributed by atoms with van der Waals surface area (Å²) in [5.74, 6) is -2.38. The molecule has 2 N–H and O–H groups in total. The summed E-state index contributed by atoms with van der Waals surface area (Å²) in [5, 5.41) is 15.8. The largest absolute Gasteiger partial charge is 0.481 e. The van der Waals surface area contributed by atoms with Gasteiger partial charge >= 0.3 is 18.1 Å². The second-order valence-electron chi connectivity index (χ2n) is 10.1. The number of carboxylic acid groups (broad SMARTS) is 2. The van der Waals surface area contributed by atoms with E-state index >= 15 is 0 Å². The zero-order chi connectivity index (χ0) is 30.4. The van der Waals surface area contributed by atoms with Gasteiger partial charge in [0.15, 0.2) is 9.84 Å². The predicted octanol–water partition coefficient (Wildman–Crippen LogP) is 8.30. The number of sulfone groups is 1. The number of alkyl halides is 4. The predicted molar refractivity (Wildman–Crippen MR) is 154 cm³/mol. The van der Waals surface area contributed by atoms with E-state index in [1.807, 2.05) is 0 Å². The van der Waals surface area contributed by atoms with Gasteiger partial charge in [-0.1, -0.05) is 109 Å². The van der Waals surface area contributed by atoms with E-state index in [0.717, 1.165) is 25.0 Å². The molecule has 0 radical (unpaired) electrons. The quantitative estimate of drug-likeness (QED) is 0.106. The third-order valence-electron chi connectivity index (χ3n) is 6.37. The van der Waals surface area contributed by atoms with Crippen LogP contribution in [0, 0.1) is 0 Å². The highest BCUT2D eigenvalue weighted by Gasteiger charge is 2.30. The Morgan fingerprint density at radius 1 is 0.825 bits per heavy atom. The number of halogens is 4. The fraction of sp³-hybridized carbons (Fsp3) is 0.724. The van der Waals surface area contributed by atoms with Crippen molar-refractivity contribution in [2.24, 2.45) is 0 Å². The Kier molecular flexibility index (Phi) is 20.9. The Morgan fingerprint density at radius 2 is 1.30 bits per heavy atom. The van der Waals surface area contributed by atoms with Gasteiger partial charge in [0, 0.05) is 0 Å². The molecule has 0 bridgehead atoms. The van der Waals surface area contributed by atoms with Gasteiger partial charge in [0.05, 0.1) is 23.5 Å². The number of hydrogen-bond acceptors (Lipinski definition) is 4. The van der Waals surface area contributed by atoms with Crippen LogP contribution in [0.2, 0.25) is 0 Å². The zero-order valence-corrected chi connectivity index (χ0v) is 25.1. The molecule has 0 aliphatic rings. The first-order chi connectivity index (χ1) is 18.8. The molecule has 0 aliphatic carbocycles. The molecular weight excluding hydrogens is 569 g/mol. The van der Waals surface area contributed by atoms with Gasteiger partial charge in [0.1, 0.15) is 5.38 Å². The summed E-state index contributed by atoms with van der Waals surface area (Å²) < 4.78 is 60.1. The minimum atomic E-state index is -4.43. The summed E-state index contributed by atoms with van der Waals surface area (Å²) in [6.45, 7) is 2.25. The van der Waals surface area contributed by atoms with Crippen LogP contribution >= 0.6 is 11.6 Å². The van der Waals surface area contributed by atoms with Gasteiger partial charge in [-0.2, -0.15) is 13.2 Å². The summed E-state index contributed by atoms with van der Waals surface area (Å²) in [4.78, 5) is 20.8. The lowest BCUT2D eigenvalue weighted by Crippen LogP contribution is -2.16. The molecule has 6 nitrogen and oxygen atoms in total. The summed E-state index contributed by atoms with van der Waals surface area (Å²) >= 11 is 5.44. The van der Waals surface area contributed by atoms with Crippen LogP contribution < -0.4 is 0 Å². The topological polar surface area (TPSA) is 109 Å². The molecule has 232 valence electrons. The number of hydrogen-bond donors (Lipinski definition) is 2. The van der Waals surface area contributed by atoms with Gasteiger partial charge in [-0.05, 0) is 24.5 Å². The fourth-order valence-corrected chi connectivity index (χ4v) is 5.54. The van der Waals surface area contributed by atoms with Crippen LogP contribution in [0.15, 0.2) is 24.3 Å². The second kappa shape index (κ2) is 21.9. The molecule has 0 spiro atoms. The normalized spacial score (nSPS) is 12.4. The number of rotatable bonds is 21.